The molecule has 1 amide bonds. The number of amides is 1. The van der Waals surface area contributed by atoms with E-state index >= 15 is 0 Å². The molecule has 0 fully saturated rings. The van der Waals surface area contributed by atoms with Crippen molar-refractivity contribution in [3.63, 3.8) is 0 Å². The zero-order valence-corrected chi connectivity index (χ0v) is 15.4. The highest BCUT2D eigenvalue weighted by atomic mass is 32.2. The molecule has 0 saturated carbocycles. The molecular weight excluding hydrogens is 330 g/mol. The Morgan fingerprint density at radius 2 is 1.71 bits per heavy atom. The van der Waals surface area contributed by atoms with Crippen molar-refractivity contribution < 1.29 is 17.9 Å². The van der Waals surface area contributed by atoms with Crippen LogP contribution < -0.4 is 10.0 Å². The molecule has 24 heavy (non-hydrogen) atoms. The molecule has 0 radical (unpaired) electrons. The lowest BCUT2D eigenvalue weighted by molar-refractivity contribution is 0.0773. The van der Waals surface area contributed by atoms with Gasteiger partial charge in [-0.25, -0.2) is 13.1 Å². The summed E-state index contributed by atoms with van der Waals surface area (Å²) < 4.78 is 31.8. The number of benzene rings is 1. The Labute approximate surface area is 144 Å². The highest BCUT2D eigenvalue weighted by molar-refractivity contribution is 7.89. The molecule has 0 unspecified atom stereocenters. The van der Waals surface area contributed by atoms with Gasteiger partial charge in [-0.3, -0.25) is 4.79 Å². The van der Waals surface area contributed by atoms with E-state index in [0.717, 1.165) is 0 Å². The van der Waals surface area contributed by atoms with Crippen LogP contribution in [0.4, 0.5) is 0 Å². The van der Waals surface area contributed by atoms with Crippen LogP contribution in [0.3, 0.4) is 0 Å². The highest BCUT2D eigenvalue weighted by Crippen LogP contribution is 2.12. The van der Waals surface area contributed by atoms with E-state index in [0.29, 0.717) is 38.3 Å². The summed E-state index contributed by atoms with van der Waals surface area (Å²) in [5, 5.41) is 3.06. The molecule has 1 rings (SSSR count). The van der Waals surface area contributed by atoms with Crippen molar-refractivity contribution in [2.75, 3.05) is 46.4 Å². The first kappa shape index (κ1) is 20.6. The summed E-state index contributed by atoms with van der Waals surface area (Å²) >= 11 is 0. The minimum atomic E-state index is -3.57. The molecule has 0 aliphatic heterocycles. The molecule has 0 saturated heterocycles. The Balaban J connectivity index is 2.62. The number of carbonyl (C=O) groups excluding carboxylic acids is 1. The van der Waals surface area contributed by atoms with Gasteiger partial charge in [0.05, 0.1) is 11.5 Å². The van der Waals surface area contributed by atoms with Gasteiger partial charge in [0, 0.05) is 45.4 Å². The van der Waals surface area contributed by atoms with Crippen LogP contribution in [0, 0.1) is 0 Å². The number of hydrogen-bond donors (Lipinski definition) is 2. The molecule has 0 bridgehead atoms. The minimum Gasteiger partial charge on any atom is -0.383 e. The van der Waals surface area contributed by atoms with Crippen LogP contribution in [0.15, 0.2) is 29.2 Å². The summed E-state index contributed by atoms with van der Waals surface area (Å²) in [4.78, 5) is 14.0. The van der Waals surface area contributed by atoms with Crippen LogP contribution in [-0.2, 0) is 14.8 Å². The van der Waals surface area contributed by atoms with Crippen LogP contribution in [0.25, 0.3) is 0 Å². The summed E-state index contributed by atoms with van der Waals surface area (Å²) in [6.07, 6.45) is 0. The molecule has 0 aromatic heterocycles. The van der Waals surface area contributed by atoms with Crippen LogP contribution in [-0.4, -0.2) is 65.7 Å². The SMILES string of the molecule is CCN(CC)C(=O)c1ccc(S(=O)(=O)NCCNCCOC)cc1. The summed E-state index contributed by atoms with van der Waals surface area (Å²) in [5.74, 6) is -0.0979. The predicted octanol–water partition coefficient (Wildman–Crippen LogP) is 0.683. The second-order valence-corrected chi connectivity index (χ2v) is 6.91. The van der Waals surface area contributed by atoms with E-state index < -0.39 is 10.0 Å². The second-order valence-electron chi connectivity index (χ2n) is 5.14. The van der Waals surface area contributed by atoms with Crippen molar-refractivity contribution in [1.82, 2.24) is 14.9 Å². The summed E-state index contributed by atoms with van der Waals surface area (Å²) in [7, 11) is -1.96. The third-order valence-electron chi connectivity index (χ3n) is 3.54. The summed E-state index contributed by atoms with van der Waals surface area (Å²) in [5.41, 5.74) is 0.485. The predicted molar refractivity (Wildman–Crippen MR) is 93.6 cm³/mol. The smallest absolute Gasteiger partial charge is 0.253 e. The zero-order chi connectivity index (χ0) is 18.0. The van der Waals surface area contributed by atoms with Crippen molar-refractivity contribution >= 4 is 15.9 Å². The van der Waals surface area contributed by atoms with Gasteiger partial charge in [0.1, 0.15) is 0 Å². The molecule has 136 valence electrons. The molecule has 8 heteroatoms. The minimum absolute atomic E-state index is 0.0979. The Morgan fingerprint density at radius 3 is 2.25 bits per heavy atom. The molecule has 0 spiro atoms. The number of sulfonamides is 1. The maximum atomic E-state index is 12.2. The number of hydrogen-bond acceptors (Lipinski definition) is 5. The van der Waals surface area contributed by atoms with Gasteiger partial charge in [-0.15, -0.1) is 0 Å². The highest BCUT2D eigenvalue weighted by Gasteiger charge is 2.16. The number of nitrogens with one attached hydrogen (secondary N) is 2. The van der Waals surface area contributed by atoms with Crippen LogP contribution in [0.5, 0.6) is 0 Å². The van der Waals surface area contributed by atoms with Crippen molar-refractivity contribution in [3.8, 4) is 0 Å². The Kier molecular flexibility index (Phi) is 8.91. The molecule has 1 aromatic carbocycles. The third-order valence-corrected chi connectivity index (χ3v) is 5.02. The molecule has 0 aliphatic carbocycles. The standard InChI is InChI=1S/C16H27N3O4S/c1-4-19(5-2)16(20)14-6-8-15(9-7-14)24(21,22)18-11-10-17-12-13-23-3/h6-9,17-18H,4-5,10-13H2,1-3H3. The molecule has 0 aliphatic rings. The third kappa shape index (κ3) is 6.20. The van der Waals surface area contributed by atoms with E-state index in [1.54, 1.807) is 24.1 Å². The fourth-order valence-corrected chi connectivity index (χ4v) is 3.16. The maximum absolute atomic E-state index is 12.2. The summed E-state index contributed by atoms with van der Waals surface area (Å²) in [6, 6.07) is 6.01. The average molecular weight is 357 g/mol. The van der Waals surface area contributed by atoms with Gasteiger partial charge in [-0.2, -0.15) is 0 Å². The molecular formula is C16H27N3O4S. The van der Waals surface area contributed by atoms with Gasteiger partial charge in [-0.05, 0) is 38.1 Å². The van der Waals surface area contributed by atoms with Gasteiger partial charge in [-0.1, -0.05) is 0 Å². The van der Waals surface area contributed by atoms with Crippen LogP contribution >= 0.6 is 0 Å². The van der Waals surface area contributed by atoms with E-state index in [-0.39, 0.29) is 17.3 Å². The van der Waals surface area contributed by atoms with Gasteiger partial charge in [0.15, 0.2) is 0 Å². The number of ether oxygens (including phenoxy) is 1. The zero-order valence-electron chi connectivity index (χ0n) is 14.5. The van der Waals surface area contributed by atoms with Crippen molar-refractivity contribution in [2.24, 2.45) is 0 Å². The topological polar surface area (TPSA) is 87.7 Å². The van der Waals surface area contributed by atoms with Gasteiger partial charge in [0.2, 0.25) is 10.0 Å². The van der Waals surface area contributed by atoms with Crippen molar-refractivity contribution in [1.29, 1.82) is 0 Å². The Morgan fingerprint density at radius 1 is 1.08 bits per heavy atom. The van der Waals surface area contributed by atoms with Crippen molar-refractivity contribution in [2.45, 2.75) is 18.7 Å². The van der Waals surface area contributed by atoms with Gasteiger partial charge >= 0.3 is 0 Å². The normalized spacial score (nSPS) is 11.5. The lowest BCUT2D eigenvalue weighted by atomic mass is 10.2. The number of nitrogens with zero attached hydrogens (tertiary/aromatic N) is 1. The van der Waals surface area contributed by atoms with E-state index in [2.05, 4.69) is 10.0 Å². The van der Waals surface area contributed by atoms with E-state index in [4.69, 9.17) is 4.74 Å². The molecule has 2 N–H and O–H groups in total. The number of methoxy groups -OCH3 is 1. The van der Waals surface area contributed by atoms with Gasteiger partial charge < -0.3 is 15.0 Å². The first-order valence-electron chi connectivity index (χ1n) is 8.04. The lowest BCUT2D eigenvalue weighted by Crippen LogP contribution is -2.33. The maximum Gasteiger partial charge on any atom is 0.253 e. The fourth-order valence-electron chi connectivity index (χ4n) is 2.13. The Bertz CT molecular complexity index is 598. The first-order chi connectivity index (χ1) is 11.5. The first-order valence-corrected chi connectivity index (χ1v) is 9.53. The van der Waals surface area contributed by atoms with Crippen LogP contribution in [0.1, 0.15) is 24.2 Å². The summed E-state index contributed by atoms with van der Waals surface area (Å²) in [6.45, 7) is 7.10. The van der Waals surface area contributed by atoms with E-state index in [1.807, 2.05) is 13.8 Å². The monoisotopic (exact) mass is 357 g/mol. The lowest BCUT2D eigenvalue weighted by Gasteiger charge is -2.18. The second kappa shape index (κ2) is 10.4. The van der Waals surface area contributed by atoms with E-state index in [1.165, 1.54) is 12.1 Å². The average Bonchev–Trinajstić information content (AvgIpc) is 2.59. The Hall–Kier alpha value is -1.48. The van der Waals surface area contributed by atoms with E-state index in [9.17, 15) is 13.2 Å². The molecule has 0 atom stereocenters. The number of carbonyl (C=O) groups is 1. The quantitative estimate of drug-likeness (QED) is 0.569. The van der Waals surface area contributed by atoms with Crippen LogP contribution in [0.2, 0.25) is 0 Å². The molecule has 0 heterocycles. The number of rotatable bonds is 11. The van der Waals surface area contributed by atoms with Crippen molar-refractivity contribution in [3.05, 3.63) is 29.8 Å². The molecule has 1 aromatic rings. The molecule has 7 nitrogen and oxygen atoms in total. The van der Waals surface area contributed by atoms with Gasteiger partial charge in [0.25, 0.3) is 5.91 Å². The largest absolute Gasteiger partial charge is 0.383 e. The fraction of sp³-hybridized carbons (Fsp3) is 0.562.